The van der Waals surface area contributed by atoms with Crippen molar-refractivity contribution >= 4 is 33.5 Å². The number of ether oxygens (including phenoxy) is 1. The van der Waals surface area contributed by atoms with Gasteiger partial charge in [0.05, 0.1) is 23.1 Å². The third-order valence-corrected chi connectivity index (χ3v) is 6.37. The molecule has 8 nitrogen and oxygen atoms in total. The van der Waals surface area contributed by atoms with Crippen molar-refractivity contribution in [3.05, 3.63) is 28.8 Å². The number of nitrogens with zero attached hydrogens (tertiary/aromatic N) is 2. The number of benzene rings is 1. The second kappa shape index (κ2) is 9.69. The molecule has 10 heteroatoms. The summed E-state index contributed by atoms with van der Waals surface area (Å²) in [5.74, 6) is -1.38. The Kier molecular flexibility index (Phi) is 7.59. The van der Waals surface area contributed by atoms with Crippen LogP contribution in [0.4, 0.5) is 0 Å². The Hall–Kier alpha value is -2.15. The van der Waals surface area contributed by atoms with Crippen LogP contribution in [-0.4, -0.2) is 50.8 Å². The van der Waals surface area contributed by atoms with E-state index in [9.17, 15) is 18.0 Å². The van der Waals surface area contributed by atoms with Crippen molar-refractivity contribution in [1.29, 1.82) is 5.26 Å². The largest absolute Gasteiger partial charge is 0.452 e. The maximum atomic E-state index is 12.8. The summed E-state index contributed by atoms with van der Waals surface area (Å²) in [4.78, 5) is 23.5. The number of halogens is 1. The SMILES string of the molecule is N#CCCNC(=O)COC(=O)c1ccc(Cl)c(S(=O)(=O)N2CCCCC2)c1. The number of esters is 1. The van der Waals surface area contributed by atoms with Gasteiger partial charge in [-0.3, -0.25) is 4.79 Å². The minimum atomic E-state index is -3.81. The summed E-state index contributed by atoms with van der Waals surface area (Å²) in [5.41, 5.74) is -0.0141. The van der Waals surface area contributed by atoms with Gasteiger partial charge in [-0.05, 0) is 31.0 Å². The van der Waals surface area contributed by atoms with E-state index < -0.39 is 28.5 Å². The molecule has 1 aromatic carbocycles. The molecule has 1 heterocycles. The molecule has 0 aliphatic carbocycles. The van der Waals surface area contributed by atoms with E-state index in [0.717, 1.165) is 19.3 Å². The van der Waals surface area contributed by atoms with Crippen LogP contribution in [0.5, 0.6) is 0 Å². The summed E-state index contributed by atoms with van der Waals surface area (Å²) < 4.78 is 31.8. The number of sulfonamides is 1. The highest BCUT2D eigenvalue weighted by molar-refractivity contribution is 7.89. The van der Waals surface area contributed by atoms with Gasteiger partial charge in [0, 0.05) is 19.6 Å². The molecule has 0 bridgehead atoms. The number of carbonyl (C=O) groups is 2. The lowest BCUT2D eigenvalue weighted by Crippen LogP contribution is -2.35. The summed E-state index contributed by atoms with van der Waals surface area (Å²) in [6, 6.07) is 5.70. The molecule has 146 valence electrons. The maximum absolute atomic E-state index is 12.8. The number of carbonyl (C=O) groups excluding carboxylic acids is 2. The van der Waals surface area contributed by atoms with Crippen LogP contribution in [0.3, 0.4) is 0 Å². The fraction of sp³-hybridized carbons (Fsp3) is 0.471. The van der Waals surface area contributed by atoms with Gasteiger partial charge in [-0.15, -0.1) is 0 Å². The Morgan fingerprint density at radius 1 is 1.26 bits per heavy atom. The average Bonchev–Trinajstić information content (AvgIpc) is 2.67. The first kappa shape index (κ1) is 21.2. The Morgan fingerprint density at radius 3 is 2.63 bits per heavy atom. The van der Waals surface area contributed by atoms with E-state index in [2.05, 4.69) is 5.32 Å². The molecule has 27 heavy (non-hydrogen) atoms. The smallest absolute Gasteiger partial charge is 0.338 e. The van der Waals surface area contributed by atoms with E-state index in [1.54, 1.807) is 0 Å². The third-order valence-electron chi connectivity index (χ3n) is 3.99. The van der Waals surface area contributed by atoms with Crippen LogP contribution in [0.1, 0.15) is 36.0 Å². The van der Waals surface area contributed by atoms with E-state index in [1.807, 2.05) is 6.07 Å². The van der Waals surface area contributed by atoms with Gasteiger partial charge in [0.2, 0.25) is 10.0 Å². The third kappa shape index (κ3) is 5.66. The van der Waals surface area contributed by atoms with Gasteiger partial charge in [-0.1, -0.05) is 18.0 Å². The van der Waals surface area contributed by atoms with Gasteiger partial charge in [0.15, 0.2) is 6.61 Å². The van der Waals surface area contributed by atoms with Crippen molar-refractivity contribution in [2.24, 2.45) is 0 Å². The number of rotatable bonds is 7. The van der Waals surface area contributed by atoms with Crippen molar-refractivity contribution in [2.45, 2.75) is 30.6 Å². The average molecular weight is 414 g/mol. The van der Waals surface area contributed by atoms with Crippen molar-refractivity contribution in [3.8, 4) is 6.07 Å². The summed E-state index contributed by atoms with van der Waals surface area (Å²) in [5, 5.41) is 10.8. The molecule has 1 N–H and O–H groups in total. The fourth-order valence-corrected chi connectivity index (χ4v) is 4.61. The predicted octanol–water partition coefficient (Wildman–Crippen LogP) is 1.70. The Balaban J connectivity index is 2.08. The van der Waals surface area contributed by atoms with Gasteiger partial charge >= 0.3 is 5.97 Å². The molecule has 0 unspecified atom stereocenters. The van der Waals surface area contributed by atoms with Gasteiger partial charge in [-0.25, -0.2) is 13.2 Å². The summed E-state index contributed by atoms with van der Waals surface area (Å²) in [6.07, 6.45) is 2.68. The molecular weight excluding hydrogens is 394 g/mol. The first-order valence-electron chi connectivity index (χ1n) is 8.46. The standard InChI is InChI=1S/C17H20ClN3O5S/c18-14-6-5-13(17(23)26-12-16(22)20-8-4-7-19)11-15(14)27(24,25)21-9-2-1-3-10-21/h5-6,11H,1-4,8-10,12H2,(H,20,22). The lowest BCUT2D eigenvalue weighted by Gasteiger charge is -2.26. The summed E-state index contributed by atoms with van der Waals surface area (Å²) in [6.45, 7) is 0.458. The highest BCUT2D eigenvalue weighted by Gasteiger charge is 2.29. The molecule has 1 aromatic rings. The van der Waals surface area contributed by atoms with E-state index in [0.29, 0.717) is 13.1 Å². The molecule has 1 aliphatic heterocycles. The zero-order valence-corrected chi connectivity index (χ0v) is 16.2. The molecule has 0 radical (unpaired) electrons. The number of hydrogen-bond acceptors (Lipinski definition) is 6. The summed E-state index contributed by atoms with van der Waals surface area (Å²) in [7, 11) is -3.81. The van der Waals surface area contributed by atoms with Crippen LogP contribution in [0.2, 0.25) is 5.02 Å². The minimum absolute atomic E-state index is 0.0141. The van der Waals surface area contributed by atoms with Crippen LogP contribution < -0.4 is 5.32 Å². The van der Waals surface area contributed by atoms with Crippen molar-refractivity contribution in [1.82, 2.24) is 9.62 Å². The number of amides is 1. The van der Waals surface area contributed by atoms with Crippen LogP contribution in [0.25, 0.3) is 0 Å². The molecule has 0 atom stereocenters. The van der Waals surface area contributed by atoms with Crippen molar-refractivity contribution in [2.75, 3.05) is 26.2 Å². The highest BCUT2D eigenvalue weighted by atomic mass is 35.5. The fourth-order valence-electron chi connectivity index (χ4n) is 2.60. The second-order valence-corrected chi connectivity index (χ2v) is 8.26. The van der Waals surface area contributed by atoms with E-state index in [1.165, 1.54) is 22.5 Å². The molecule has 0 aromatic heterocycles. The van der Waals surface area contributed by atoms with Gasteiger partial charge in [0.25, 0.3) is 5.91 Å². The van der Waals surface area contributed by atoms with E-state index >= 15 is 0 Å². The molecule has 1 amide bonds. The minimum Gasteiger partial charge on any atom is -0.452 e. The maximum Gasteiger partial charge on any atom is 0.338 e. The normalized spacial score (nSPS) is 15.0. The molecule has 1 fully saturated rings. The monoisotopic (exact) mass is 413 g/mol. The summed E-state index contributed by atoms with van der Waals surface area (Å²) >= 11 is 6.05. The second-order valence-electron chi connectivity index (χ2n) is 5.94. The zero-order chi connectivity index (χ0) is 19.9. The lowest BCUT2D eigenvalue weighted by molar-refractivity contribution is -0.124. The van der Waals surface area contributed by atoms with Crippen LogP contribution in [-0.2, 0) is 19.6 Å². The van der Waals surface area contributed by atoms with Gasteiger partial charge in [-0.2, -0.15) is 9.57 Å². The molecule has 2 rings (SSSR count). The molecular formula is C17H20ClN3O5S. The Labute approximate surface area is 163 Å². The lowest BCUT2D eigenvalue weighted by atomic mass is 10.2. The number of piperidine rings is 1. The van der Waals surface area contributed by atoms with Gasteiger partial charge < -0.3 is 10.1 Å². The van der Waals surface area contributed by atoms with Crippen LogP contribution >= 0.6 is 11.6 Å². The molecule has 0 spiro atoms. The molecule has 1 saturated heterocycles. The van der Waals surface area contributed by atoms with E-state index in [-0.39, 0.29) is 28.4 Å². The number of nitrogens with one attached hydrogen (secondary N) is 1. The van der Waals surface area contributed by atoms with E-state index in [4.69, 9.17) is 21.6 Å². The Bertz CT molecular complexity index is 845. The molecule has 0 saturated carbocycles. The topological polar surface area (TPSA) is 117 Å². The van der Waals surface area contributed by atoms with Crippen LogP contribution in [0, 0.1) is 11.3 Å². The first-order chi connectivity index (χ1) is 12.9. The van der Waals surface area contributed by atoms with Gasteiger partial charge in [0.1, 0.15) is 4.90 Å². The Morgan fingerprint density at radius 2 is 1.96 bits per heavy atom. The van der Waals surface area contributed by atoms with Crippen molar-refractivity contribution in [3.63, 3.8) is 0 Å². The quantitative estimate of drug-likeness (QED) is 0.537. The highest BCUT2D eigenvalue weighted by Crippen LogP contribution is 2.28. The molecule has 1 aliphatic rings. The first-order valence-corrected chi connectivity index (χ1v) is 10.3. The predicted molar refractivity (Wildman–Crippen MR) is 97.6 cm³/mol. The number of hydrogen-bond donors (Lipinski definition) is 1. The van der Waals surface area contributed by atoms with Crippen molar-refractivity contribution < 1.29 is 22.7 Å². The number of nitriles is 1. The zero-order valence-electron chi connectivity index (χ0n) is 14.6. The van der Waals surface area contributed by atoms with Crippen LogP contribution in [0.15, 0.2) is 23.1 Å².